The van der Waals surface area contributed by atoms with Gasteiger partial charge >= 0.3 is 17.6 Å². The quantitative estimate of drug-likeness (QED) is 0.166. The first-order valence-corrected chi connectivity index (χ1v) is 15.1. The zero-order valence-electron chi connectivity index (χ0n) is 19.9. The van der Waals surface area contributed by atoms with Gasteiger partial charge in [0, 0.05) is 52.7 Å². The Labute approximate surface area is 182 Å². The summed E-state index contributed by atoms with van der Waals surface area (Å²) >= 11 is 0. The average molecular weight is 452 g/mol. The molecule has 29 heavy (non-hydrogen) atoms. The second-order valence-corrected chi connectivity index (χ2v) is 13.4. The molecule has 0 heterocycles. The van der Waals surface area contributed by atoms with E-state index in [4.69, 9.17) is 26.6 Å². The third-order valence-electron chi connectivity index (χ3n) is 5.20. The predicted octanol–water partition coefficient (Wildman–Crippen LogP) is 5.63. The van der Waals surface area contributed by atoms with Gasteiger partial charge in [0.05, 0.1) is 0 Å². The topological polar surface area (TPSA) is 55.4 Å². The van der Waals surface area contributed by atoms with Crippen LogP contribution in [0.25, 0.3) is 0 Å². The van der Waals surface area contributed by atoms with Gasteiger partial charge in [-0.25, -0.2) is 0 Å². The molecule has 0 rings (SSSR count). The molecule has 6 nitrogen and oxygen atoms in total. The molecule has 0 aromatic rings. The minimum absolute atomic E-state index is 0.149. The zero-order valence-corrected chi connectivity index (χ0v) is 21.9. The van der Waals surface area contributed by atoms with Crippen LogP contribution in [0.1, 0.15) is 78.6 Å². The van der Waals surface area contributed by atoms with Gasteiger partial charge in [0.1, 0.15) is 0 Å². The van der Waals surface area contributed by atoms with Crippen molar-refractivity contribution in [1.29, 1.82) is 0 Å². The molecule has 0 aliphatic carbocycles. The molecule has 0 amide bonds. The van der Waals surface area contributed by atoms with Crippen molar-refractivity contribution in [3.05, 3.63) is 6.92 Å². The van der Waals surface area contributed by atoms with Crippen LogP contribution in [0.2, 0.25) is 11.6 Å². The van der Waals surface area contributed by atoms with E-state index in [1.54, 1.807) is 21.3 Å². The number of hydrogen-bond acceptors (Lipinski definition) is 6. The lowest BCUT2D eigenvalue weighted by Crippen LogP contribution is -2.48. The first kappa shape index (κ1) is 29.2. The fourth-order valence-electron chi connectivity index (χ4n) is 3.27. The van der Waals surface area contributed by atoms with Crippen LogP contribution >= 0.6 is 0 Å². The first-order chi connectivity index (χ1) is 14.0. The van der Waals surface area contributed by atoms with Gasteiger partial charge in [0.2, 0.25) is 0 Å². The van der Waals surface area contributed by atoms with Gasteiger partial charge in [-0.1, -0.05) is 47.0 Å². The predicted molar refractivity (Wildman–Crippen MR) is 123 cm³/mol. The van der Waals surface area contributed by atoms with E-state index in [0.717, 1.165) is 57.4 Å². The van der Waals surface area contributed by atoms with Crippen LogP contribution in [-0.4, -0.2) is 58.8 Å². The highest BCUT2D eigenvalue weighted by Gasteiger charge is 2.47. The Balaban J connectivity index is 5.15. The SMILES string of the molecule is [CH2]CC(CCC[Si](OCCCC)(OCCCC)OCCCC)[Si](OC)(OC)OC. The summed E-state index contributed by atoms with van der Waals surface area (Å²) in [5.41, 5.74) is 0.149. The number of rotatable bonds is 21. The Morgan fingerprint density at radius 3 is 1.41 bits per heavy atom. The standard InChI is InChI=1S/C21H47O6Si2/c1-8-12-17-25-28(26-18-13-9-2,27-19-14-10-3)20-15-16-21(11-4)29(22-5,23-6)24-7/h21H,4,8-20H2,1-3,5-7H3. The van der Waals surface area contributed by atoms with Crippen molar-refractivity contribution >= 4 is 17.6 Å². The van der Waals surface area contributed by atoms with E-state index in [0.29, 0.717) is 26.2 Å². The normalized spacial score (nSPS) is 13.8. The molecule has 1 radical (unpaired) electrons. The molecule has 1 unspecified atom stereocenters. The van der Waals surface area contributed by atoms with Crippen molar-refractivity contribution in [3.63, 3.8) is 0 Å². The number of unbranched alkanes of at least 4 members (excludes halogenated alkanes) is 3. The van der Waals surface area contributed by atoms with Crippen LogP contribution in [0.5, 0.6) is 0 Å². The lowest BCUT2D eigenvalue weighted by Gasteiger charge is -2.33. The molecule has 0 bridgehead atoms. The third-order valence-corrected chi connectivity index (χ3v) is 11.4. The monoisotopic (exact) mass is 451 g/mol. The van der Waals surface area contributed by atoms with Crippen LogP contribution < -0.4 is 0 Å². The molecule has 0 saturated heterocycles. The third kappa shape index (κ3) is 10.9. The van der Waals surface area contributed by atoms with Crippen molar-refractivity contribution in [2.45, 2.75) is 90.1 Å². The largest absolute Gasteiger partial charge is 0.503 e. The summed E-state index contributed by atoms with van der Waals surface area (Å²) in [6.07, 6.45) is 8.89. The van der Waals surface area contributed by atoms with Crippen LogP contribution in [0, 0.1) is 6.92 Å². The second kappa shape index (κ2) is 17.8. The van der Waals surface area contributed by atoms with Gasteiger partial charge < -0.3 is 26.6 Å². The molecule has 0 aromatic carbocycles. The summed E-state index contributed by atoms with van der Waals surface area (Å²) in [6, 6.07) is 0.808. The van der Waals surface area contributed by atoms with Crippen molar-refractivity contribution in [2.75, 3.05) is 41.2 Å². The molecule has 0 spiro atoms. The highest BCUT2D eigenvalue weighted by Crippen LogP contribution is 2.34. The molecule has 0 aromatic heterocycles. The molecule has 0 aliphatic heterocycles. The lowest BCUT2D eigenvalue weighted by molar-refractivity contribution is 0.0552. The first-order valence-electron chi connectivity index (χ1n) is 11.4. The van der Waals surface area contributed by atoms with E-state index < -0.39 is 17.6 Å². The van der Waals surface area contributed by atoms with E-state index in [9.17, 15) is 0 Å². The molecule has 0 saturated carbocycles. The summed E-state index contributed by atoms with van der Waals surface area (Å²) < 4.78 is 36.1. The van der Waals surface area contributed by atoms with Crippen molar-refractivity contribution < 1.29 is 26.6 Å². The van der Waals surface area contributed by atoms with Crippen molar-refractivity contribution in [2.24, 2.45) is 0 Å². The highest BCUT2D eigenvalue weighted by atomic mass is 28.4. The average Bonchev–Trinajstić information content (AvgIpc) is 2.74. The van der Waals surface area contributed by atoms with E-state index in [2.05, 4.69) is 27.7 Å². The molecule has 8 heteroatoms. The van der Waals surface area contributed by atoms with E-state index in [1.165, 1.54) is 0 Å². The summed E-state index contributed by atoms with van der Waals surface area (Å²) in [6.45, 7) is 12.7. The van der Waals surface area contributed by atoms with Gasteiger partial charge in [0.25, 0.3) is 0 Å². The maximum atomic E-state index is 6.34. The van der Waals surface area contributed by atoms with Crippen molar-refractivity contribution in [1.82, 2.24) is 0 Å². The molecule has 175 valence electrons. The fourth-order valence-corrected chi connectivity index (χ4v) is 8.37. The van der Waals surface area contributed by atoms with E-state index >= 15 is 0 Å². The highest BCUT2D eigenvalue weighted by molar-refractivity contribution is 6.62. The van der Waals surface area contributed by atoms with E-state index in [1.807, 2.05) is 0 Å². The van der Waals surface area contributed by atoms with Gasteiger partial charge in [-0.2, -0.15) is 0 Å². The Kier molecular flexibility index (Phi) is 18.0. The van der Waals surface area contributed by atoms with Gasteiger partial charge in [-0.3, -0.25) is 0 Å². The maximum Gasteiger partial charge on any atom is 0.503 e. The fraction of sp³-hybridized carbons (Fsp3) is 0.952. The number of hydrogen-bond donors (Lipinski definition) is 0. The zero-order chi connectivity index (χ0) is 22.0. The summed E-state index contributed by atoms with van der Waals surface area (Å²) in [5, 5.41) is 0. The minimum atomic E-state index is -2.71. The van der Waals surface area contributed by atoms with Gasteiger partial charge in [-0.15, -0.1) is 0 Å². The molecule has 0 N–H and O–H groups in total. The Morgan fingerprint density at radius 2 is 1.10 bits per heavy atom. The maximum absolute atomic E-state index is 6.34. The summed E-state index contributed by atoms with van der Waals surface area (Å²) in [4.78, 5) is 0. The van der Waals surface area contributed by atoms with E-state index in [-0.39, 0.29) is 5.54 Å². The minimum Gasteiger partial charge on any atom is -0.377 e. The Bertz CT molecular complexity index is 334. The van der Waals surface area contributed by atoms with Gasteiger partial charge in [-0.05, 0) is 38.5 Å². The van der Waals surface area contributed by atoms with Crippen LogP contribution in [0.4, 0.5) is 0 Å². The summed E-state index contributed by atoms with van der Waals surface area (Å²) in [7, 11) is -0.421. The molecular formula is C21H47O6Si2. The lowest BCUT2D eigenvalue weighted by atomic mass is 10.2. The second-order valence-electron chi connectivity index (χ2n) is 7.38. The van der Waals surface area contributed by atoms with Crippen LogP contribution in [0.3, 0.4) is 0 Å². The Morgan fingerprint density at radius 1 is 0.690 bits per heavy atom. The Hall–Kier alpha value is 0.194. The molecule has 0 aliphatic rings. The smallest absolute Gasteiger partial charge is 0.377 e. The van der Waals surface area contributed by atoms with Gasteiger partial charge in [0.15, 0.2) is 0 Å². The molecule has 0 fully saturated rings. The van der Waals surface area contributed by atoms with Crippen LogP contribution in [-0.2, 0) is 26.6 Å². The summed E-state index contributed by atoms with van der Waals surface area (Å²) in [5.74, 6) is 0. The van der Waals surface area contributed by atoms with Crippen molar-refractivity contribution in [3.8, 4) is 0 Å². The molecular weight excluding hydrogens is 404 g/mol. The van der Waals surface area contributed by atoms with Crippen LogP contribution in [0.15, 0.2) is 0 Å². The molecule has 1 atom stereocenters.